The van der Waals surface area contributed by atoms with Gasteiger partial charge in [-0.05, 0) is 46.2 Å². The molecule has 0 bridgehead atoms. The molecule has 1 amide bonds. The molecular formula is C19H32N2O4. The highest BCUT2D eigenvalue weighted by molar-refractivity contribution is 5.68. The molecule has 6 nitrogen and oxygen atoms in total. The van der Waals surface area contributed by atoms with Crippen molar-refractivity contribution < 1.29 is 19.0 Å². The fourth-order valence-electron chi connectivity index (χ4n) is 2.45. The molecule has 6 heteroatoms. The zero-order valence-corrected chi connectivity index (χ0v) is 16.5. The summed E-state index contributed by atoms with van der Waals surface area (Å²) in [5.74, 6) is 0. The lowest BCUT2D eigenvalue weighted by atomic mass is 10.1. The van der Waals surface area contributed by atoms with Crippen molar-refractivity contribution in [3.63, 3.8) is 0 Å². The van der Waals surface area contributed by atoms with Crippen LogP contribution in [-0.4, -0.2) is 49.7 Å². The van der Waals surface area contributed by atoms with Gasteiger partial charge in [0.1, 0.15) is 5.60 Å². The molecule has 1 N–H and O–H groups in total. The van der Waals surface area contributed by atoms with Gasteiger partial charge in [0.25, 0.3) is 0 Å². The highest BCUT2D eigenvalue weighted by atomic mass is 16.7. The Morgan fingerprint density at radius 3 is 2.32 bits per heavy atom. The quantitative estimate of drug-likeness (QED) is 0.720. The molecule has 0 fully saturated rings. The molecule has 1 unspecified atom stereocenters. The lowest BCUT2D eigenvalue weighted by molar-refractivity contribution is -0.109. The summed E-state index contributed by atoms with van der Waals surface area (Å²) in [6.07, 6.45) is -0.675. The average molecular weight is 352 g/mol. The molecule has 1 aromatic rings. The number of amides is 1. The van der Waals surface area contributed by atoms with E-state index in [9.17, 15) is 4.79 Å². The highest BCUT2D eigenvalue weighted by Crippen LogP contribution is 2.21. The fourth-order valence-corrected chi connectivity index (χ4v) is 2.45. The summed E-state index contributed by atoms with van der Waals surface area (Å²) >= 11 is 0. The van der Waals surface area contributed by atoms with Gasteiger partial charge in [-0.15, -0.1) is 0 Å². The minimum Gasteiger partial charge on any atom is -0.444 e. The van der Waals surface area contributed by atoms with Crippen molar-refractivity contribution in [2.75, 3.05) is 26.1 Å². The Kier molecular flexibility index (Phi) is 8.19. The minimum atomic E-state index is -0.513. The smallest absolute Gasteiger partial charge is 0.410 e. The number of para-hydroxylation sites is 1. The second-order valence-corrected chi connectivity index (χ2v) is 6.92. The molecule has 25 heavy (non-hydrogen) atoms. The molecule has 0 heterocycles. The van der Waals surface area contributed by atoms with Gasteiger partial charge in [0.15, 0.2) is 6.29 Å². The second kappa shape index (κ2) is 9.63. The fraction of sp³-hybridized carbons (Fsp3) is 0.632. The number of anilines is 1. The van der Waals surface area contributed by atoms with E-state index in [2.05, 4.69) is 5.32 Å². The lowest BCUT2D eigenvalue weighted by Gasteiger charge is -2.28. The summed E-state index contributed by atoms with van der Waals surface area (Å²) in [6.45, 7) is 10.6. The molecule has 0 spiro atoms. The molecule has 0 saturated heterocycles. The summed E-state index contributed by atoms with van der Waals surface area (Å²) in [5, 5.41) is 3.40. The molecule has 0 saturated carbocycles. The molecule has 1 atom stereocenters. The molecule has 0 aromatic heterocycles. The van der Waals surface area contributed by atoms with Crippen LogP contribution in [0.25, 0.3) is 0 Å². The molecule has 0 radical (unpaired) electrons. The molecule has 0 aliphatic rings. The third kappa shape index (κ3) is 6.92. The van der Waals surface area contributed by atoms with Crippen LogP contribution in [0.4, 0.5) is 10.5 Å². The number of nitrogens with zero attached hydrogens (tertiary/aromatic N) is 1. The average Bonchev–Trinajstić information content (AvgIpc) is 2.53. The first-order valence-corrected chi connectivity index (χ1v) is 8.59. The van der Waals surface area contributed by atoms with Crippen LogP contribution >= 0.6 is 0 Å². The third-order valence-corrected chi connectivity index (χ3v) is 3.67. The first kappa shape index (κ1) is 21.3. The Morgan fingerprint density at radius 2 is 1.80 bits per heavy atom. The van der Waals surface area contributed by atoms with E-state index in [0.717, 1.165) is 11.3 Å². The largest absolute Gasteiger partial charge is 0.444 e. The van der Waals surface area contributed by atoms with E-state index in [4.69, 9.17) is 14.2 Å². The second-order valence-electron chi connectivity index (χ2n) is 6.92. The number of ether oxygens (including phenoxy) is 3. The molecule has 0 aliphatic heterocycles. The normalized spacial score (nSPS) is 12.8. The van der Waals surface area contributed by atoms with Crippen LogP contribution in [0.1, 0.15) is 40.2 Å². The van der Waals surface area contributed by atoms with Crippen LogP contribution in [-0.2, 0) is 20.8 Å². The predicted octanol–water partition coefficient (Wildman–Crippen LogP) is 3.86. The van der Waals surface area contributed by atoms with Gasteiger partial charge in [-0.25, -0.2) is 4.79 Å². The van der Waals surface area contributed by atoms with Crippen molar-refractivity contribution in [1.82, 2.24) is 4.90 Å². The van der Waals surface area contributed by atoms with Crippen LogP contribution in [0.5, 0.6) is 0 Å². The maximum absolute atomic E-state index is 12.4. The zero-order chi connectivity index (χ0) is 19.0. The van der Waals surface area contributed by atoms with Crippen LogP contribution in [0.2, 0.25) is 0 Å². The molecule has 1 aromatic carbocycles. The lowest BCUT2D eigenvalue weighted by Crippen LogP contribution is -2.37. The highest BCUT2D eigenvalue weighted by Gasteiger charge is 2.22. The van der Waals surface area contributed by atoms with Crippen LogP contribution in [0, 0.1) is 0 Å². The number of carbonyl (C=O) groups is 1. The van der Waals surface area contributed by atoms with Crippen molar-refractivity contribution in [2.24, 2.45) is 0 Å². The van der Waals surface area contributed by atoms with Gasteiger partial charge in [-0.3, -0.25) is 0 Å². The Hall–Kier alpha value is -1.79. The van der Waals surface area contributed by atoms with Crippen LogP contribution < -0.4 is 5.32 Å². The van der Waals surface area contributed by atoms with E-state index in [1.807, 2.05) is 58.9 Å². The van der Waals surface area contributed by atoms with Gasteiger partial charge in [-0.1, -0.05) is 18.2 Å². The first-order valence-electron chi connectivity index (χ1n) is 8.59. The van der Waals surface area contributed by atoms with Crippen molar-refractivity contribution in [1.29, 1.82) is 0 Å². The number of hydrogen-bond acceptors (Lipinski definition) is 5. The zero-order valence-electron chi connectivity index (χ0n) is 16.5. The number of methoxy groups -OCH3 is 2. The predicted molar refractivity (Wildman–Crippen MR) is 99.7 cm³/mol. The Bertz CT molecular complexity index is 538. The van der Waals surface area contributed by atoms with Gasteiger partial charge >= 0.3 is 6.09 Å². The van der Waals surface area contributed by atoms with Gasteiger partial charge in [0.2, 0.25) is 0 Å². The Balaban J connectivity index is 2.89. The summed E-state index contributed by atoms with van der Waals surface area (Å²) in [7, 11) is 3.22. The van der Waals surface area contributed by atoms with Crippen molar-refractivity contribution >= 4 is 11.8 Å². The summed E-state index contributed by atoms with van der Waals surface area (Å²) in [5.41, 5.74) is 1.44. The topological polar surface area (TPSA) is 60.0 Å². The standard InChI is InChI=1S/C19H32N2O4/c1-8-21(18(22)25-19(3,4)5)13-15-11-9-10-12-16(15)20-14(2)17(23-6)24-7/h9-12,14,17,20H,8,13H2,1-7H3. The van der Waals surface area contributed by atoms with Gasteiger partial charge in [0.05, 0.1) is 12.6 Å². The van der Waals surface area contributed by atoms with Gasteiger partial charge < -0.3 is 24.4 Å². The maximum atomic E-state index is 12.4. The van der Waals surface area contributed by atoms with Crippen molar-refractivity contribution in [3.8, 4) is 0 Å². The summed E-state index contributed by atoms with van der Waals surface area (Å²) < 4.78 is 16.1. The Morgan fingerprint density at radius 1 is 1.20 bits per heavy atom. The van der Waals surface area contributed by atoms with E-state index >= 15 is 0 Å². The summed E-state index contributed by atoms with van der Waals surface area (Å²) in [4.78, 5) is 14.1. The number of benzene rings is 1. The molecule has 0 aliphatic carbocycles. The van der Waals surface area contributed by atoms with E-state index in [-0.39, 0.29) is 18.4 Å². The first-order chi connectivity index (χ1) is 11.7. The number of carbonyl (C=O) groups excluding carboxylic acids is 1. The van der Waals surface area contributed by atoms with E-state index in [0.29, 0.717) is 13.1 Å². The SMILES string of the molecule is CCN(Cc1ccccc1NC(C)C(OC)OC)C(=O)OC(C)(C)C. The van der Waals surface area contributed by atoms with Crippen molar-refractivity contribution in [3.05, 3.63) is 29.8 Å². The Labute approximate surface area is 151 Å². The number of hydrogen-bond donors (Lipinski definition) is 1. The van der Waals surface area contributed by atoms with E-state index in [1.54, 1.807) is 19.1 Å². The number of rotatable bonds is 8. The summed E-state index contributed by atoms with van der Waals surface area (Å²) in [6, 6.07) is 7.84. The van der Waals surface area contributed by atoms with Crippen LogP contribution in [0.3, 0.4) is 0 Å². The minimum absolute atomic E-state index is 0.0484. The van der Waals surface area contributed by atoms with Gasteiger partial charge in [0, 0.05) is 26.5 Å². The molecule has 1 rings (SSSR count). The van der Waals surface area contributed by atoms with Gasteiger partial charge in [-0.2, -0.15) is 0 Å². The maximum Gasteiger partial charge on any atom is 0.410 e. The monoisotopic (exact) mass is 352 g/mol. The van der Waals surface area contributed by atoms with Crippen LogP contribution in [0.15, 0.2) is 24.3 Å². The van der Waals surface area contributed by atoms with E-state index < -0.39 is 5.60 Å². The van der Waals surface area contributed by atoms with Crippen molar-refractivity contribution in [2.45, 2.75) is 59.1 Å². The molecule has 142 valence electrons. The molecular weight excluding hydrogens is 320 g/mol. The third-order valence-electron chi connectivity index (χ3n) is 3.67. The van der Waals surface area contributed by atoms with E-state index in [1.165, 1.54) is 0 Å². The number of nitrogens with one attached hydrogen (secondary N) is 1.